The Morgan fingerprint density at radius 2 is 1.46 bits per heavy atom. The largest absolute Gasteiger partial charge is 0.480 e. The molecule has 1 aromatic rings. The predicted octanol–water partition coefficient (Wildman–Crippen LogP) is 3.28. The molecule has 0 aliphatic rings. The van der Waals surface area contributed by atoms with Gasteiger partial charge in [0.2, 0.25) is 0 Å². The molecule has 0 aromatic heterocycles. The summed E-state index contributed by atoms with van der Waals surface area (Å²) in [5.41, 5.74) is -4.40. The SMILES string of the molecule is CC(=O)CC[C@H](NC(=O)c1cc(C(F)(F)F)cc(C(F)(F)F)c1)C(=O)O. The summed E-state index contributed by atoms with van der Waals surface area (Å²) in [6.07, 6.45) is -10.9. The van der Waals surface area contributed by atoms with Crippen molar-refractivity contribution in [2.75, 3.05) is 0 Å². The van der Waals surface area contributed by atoms with Gasteiger partial charge in [-0.25, -0.2) is 4.79 Å². The predicted molar refractivity (Wildman–Crippen MR) is 75.3 cm³/mol. The molecule has 144 valence electrons. The standard InChI is InChI=1S/C15H13F6NO4/c1-7(23)2-3-11(13(25)26)22-12(24)8-4-9(14(16,17)18)6-10(5-8)15(19,20)21/h4-6,11H,2-3H2,1H3,(H,22,24)(H,25,26)/t11-/m0/s1. The van der Waals surface area contributed by atoms with E-state index in [2.05, 4.69) is 0 Å². The van der Waals surface area contributed by atoms with Crippen molar-refractivity contribution in [3.8, 4) is 0 Å². The quantitative estimate of drug-likeness (QED) is 0.737. The number of halogens is 6. The van der Waals surface area contributed by atoms with Gasteiger partial charge in [0.1, 0.15) is 11.8 Å². The van der Waals surface area contributed by atoms with Crippen LogP contribution in [0.1, 0.15) is 41.3 Å². The fourth-order valence-corrected chi connectivity index (χ4v) is 1.93. The number of hydrogen-bond acceptors (Lipinski definition) is 3. The summed E-state index contributed by atoms with van der Waals surface area (Å²) in [5.74, 6) is -3.41. The average Bonchev–Trinajstić information content (AvgIpc) is 2.48. The molecule has 11 heteroatoms. The zero-order valence-corrected chi connectivity index (χ0v) is 13.2. The summed E-state index contributed by atoms with van der Waals surface area (Å²) in [7, 11) is 0. The van der Waals surface area contributed by atoms with Gasteiger partial charge in [-0.3, -0.25) is 4.79 Å². The van der Waals surface area contributed by atoms with Gasteiger partial charge < -0.3 is 15.2 Å². The Hall–Kier alpha value is -2.59. The normalized spacial score (nSPS) is 13.2. The molecule has 0 bridgehead atoms. The number of nitrogens with one attached hydrogen (secondary N) is 1. The molecular weight excluding hydrogens is 372 g/mol. The number of Topliss-reactive ketones (excluding diaryl/α,β-unsaturated/α-hetero) is 1. The number of benzene rings is 1. The monoisotopic (exact) mass is 385 g/mol. The van der Waals surface area contributed by atoms with E-state index in [0.717, 1.165) is 6.92 Å². The maximum Gasteiger partial charge on any atom is 0.416 e. The van der Waals surface area contributed by atoms with Crippen LogP contribution in [-0.2, 0) is 21.9 Å². The van der Waals surface area contributed by atoms with Crippen molar-refractivity contribution in [3.63, 3.8) is 0 Å². The van der Waals surface area contributed by atoms with Crippen LogP contribution < -0.4 is 5.32 Å². The van der Waals surface area contributed by atoms with Crippen LogP contribution in [0.5, 0.6) is 0 Å². The number of ketones is 1. The van der Waals surface area contributed by atoms with Gasteiger partial charge in [-0.05, 0) is 31.5 Å². The molecule has 0 unspecified atom stereocenters. The smallest absolute Gasteiger partial charge is 0.416 e. The van der Waals surface area contributed by atoms with E-state index in [1.54, 1.807) is 0 Å². The first-order valence-electron chi connectivity index (χ1n) is 7.04. The highest BCUT2D eigenvalue weighted by Crippen LogP contribution is 2.36. The second-order valence-corrected chi connectivity index (χ2v) is 5.40. The van der Waals surface area contributed by atoms with Gasteiger partial charge >= 0.3 is 18.3 Å². The first-order valence-corrected chi connectivity index (χ1v) is 7.04. The number of hydrogen-bond donors (Lipinski definition) is 2. The highest BCUT2D eigenvalue weighted by atomic mass is 19.4. The van der Waals surface area contributed by atoms with E-state index in [0.29, 0.717) is 0 Å². The van der Waals surface area contributed by atoms with Gasteiger partial charge in [0, 0.05) is 12.0 Å². The third-order valence-electron chi connectivity index (χ3n) is 3.24. The average molecular weight is 385 g/mol. The van der Waals surface area contributed by atoms with Crippen molar-refractivity contribution in [1.29, 1.82) is 0 Å². The number of carboxylic acids is 1. The number of carboxylic acid groups (broad SMARTS) is 1. The zero-order chi connectivity index (χ0) is 20.3. The van der Waals surface area contributed by atoms with Gasteiger partial charge in [-0.15, -0.1) is 0 Å². The molecule has 2 N–H and O–H groups in total. The van der Waals surface area contributed by atoms with E-state index in [9.17, 15) is 40.7 Å². The number of rotatable bonds is 6. The number of alkyl halides is 6. The van der Waals surface area contributed by atoms with Gasteiger partial charge in [-0.2, -0.15) is 26.3 Å². The lowest BCUT2D eigenvalue weighted by Gasteiger charge is -2.16. The Morgan fingerprint density at radius 1 is 1.00 bits per heavy atom. The maximum absolute atomic E-state index is 12.8. The van der Waals surface area contributed by atoms with Crippen LogP contribution >= 0.6 is 0 Å². The van der Waals surface area contributed by atoms with Crippen molar-refractivity contribution in [2.24, 2.45) is 0 Å². The van der Waals surface area contributed by atoms with Gasteiger partial charge in [0.25, 0.3) is 5.91 Å². The number of amides is 1. The fourth-order valence-electron chi connectivity index (χ4n) is 1.93. The second kappa shape index (κ2) is 7.75. The molecule has 0 aliphatic heterocycles. The van der Waals surface area contributed by atoms with Crippen molar-refractivity contribution in [3.05, 3.63) is 34.9 Å². The maximum atomic E-state index is 12.8. The zero-order valence-electron chi connectivity index (χ0n) is 13.2. The lowest BCUT2D eigenvalue weighted by atomic mass is 10.0. The summed E-state index contributed by atoms with van der Waals surface area (Å²) in [6.45, 7) is 1.16. The molecule has 0 spiro atoms. The summed E-state index contributed by atoms with van der Waals surface area (Å²) >= 11 is 0. The molecule has 0 saturated carbocycles. The third kappa shape index (κ3) is 6.05. The molecule has 0 fully saturated rings. The highest BCUT2D eigenvalue weighted by Gasteiger charge is 2.37. The van der Waals surface area contributed by atoms with Crippen LogP contribution in [0.15, 0.2) is 18.2 Å². The fraction of sp³-hybridized carbons (Fsp3) is 0.400. The molecule has 0 aliphatic carbocycles. The second-order valence-electron chi connectivity index (χ2n) is 5.40. The minimum Gasteiger partial charge on any atom is -0.480 e. The molecule has 1 amide bonds. The Labute approximate surface area is 143 Å². The number of aliphatic carboxylic acids is 1. The summed E-state index contributed by atoms with van der Waals surface area (Å²) in [5, 5.41) is 10.8. The summed E-state index contributed by atoms with van der Waals surface area (Å²) < 4.78 is 76.6. The van der Waals surface area contributed by atoms with E-state index in [1.807, 2.05) is 5.32 Å². The Morgan fingerprint density at radius 3 is 1.81 bits per heavy atom. The van der Waals surface area contributed by atoms with Crippen LogP contribution in [0.4, 0.5) is 26.3 Å². The summed E-state index contributed by atoms with van der Waals surface area (Å²) in [4.78, 5) is 33.9. The lowest BCUT2D eigenvalue weighted by Crippen LogP contribution is -2.41. The Balaban J connectivity index is 3.21. The number of carbonyl (C=O) groups excluding carboxylic acids is 2. The van der Waals surface area contributed by atoms with Gasteiger partial charge in [-0.1, -0.05) is 0 Å². The third-order valence-corrected chi connectivity index (χ3v) is 3.24. The van der Waals surface area contributed by atoms with Gasteiger partial charge in [0.05, 0.1) is 11.1 Å². The number of carbonyl (C=O) groups is 3. The molecule has 1 rings (SSSR count). The van der Waals surface area contributed by atoms with E-state index in [-0.39, 0.29) is 31.0 Å². The van der Waals surface area contributed by atoms with Crippen LogP contribution in [0.2, 0.25) is 0 Å². The molecule has 0 saturated heterocycles. The minimum absolute atomic E-state index is 0.152. The Kier molecular flexibility index (Phi) is 6.39. The molecule has 0 heterocycles. The molecule has 0 radical (unpaired) electrons. The van der Waals surface area contributed by atoms with Crippen LogP contribution in [0.25, 0.3) is 0 Å². The molecular formula is C15H13F6NO4. The van der Waals surface area contributed by atoms with Crippen LogP contribution in [-0.4, -0.2) is 28.8 Å². The highest BCUT2D eigenvalue weighted by molar-refractivity contribution is 5.97. The molecule has 1 atom stereocenters. The van der Waals surface area contributed by atoms with Crippen molar-refractivity contribution in [2.45, 2.75) is 38.2 Å². The van der Waals surface area contributed by atoms with Crippen LogP contribution in [0.3, 0.4) is 0 Å². The molecule has 1 aromatic carbocycles. The Bertz CT molecular complexity index is 679. The lowest BCUT2D eigenvalue weighted by molar-refractivity contribution is -0.143. The van der Waals surface area contributed by atoms with E-state index < -0.39 is 52.7 Å². The molecule has 26 heavy (non-hydrogen) atoms. The minimum atomic E-state index is -5.14. The van der Waals surface area contributed by atoms with Crippen molar-refractivity contribution in [1.82, 2.24) is 5.32 Å². The molecule has 5 nitrogen and oxygen atoms in total. The first kappa shape index (κ1) is 21.5. The van der Waals surface area contributed by atoms with E-state index in [1.165, 1.54) is 0 Å². The van der Waals surface area contributed by atoms with Gasteiger partial charge in [0.15, 0.2) is 0 Å². The van der Waals surface area contributed by atoms with Crippen molar-refractivity contribution >= 4 is 17.7 Å². The van der Waals surface area contributed by atoms with E-state index >= 15 is 0 Å². The van der Waals surface area contributed by atoms with E-state index in [4.69, 9.17) is 5.11 Å². The van der Waals surface area contributed by atoms with Crippen LogP contribution in [0, 0.1) is 0 Å². The topological polar surface area (TPSA) is 83.5 Å². The summed E-state index contributed by atoms with van der Waals surface area (Å²) in [6, 6.07) is -1.42. The van der Waals surface area contributed by atoms with Crippen molar-refractivity contribution < 1.29 is 45.8 Å². The first-order chi connectivity index (χ1) is 11.7.